The van der Waals surface area contributed by atoms with E-state index >= 15 is 0 Å². The Kier molecular flexibility index (Phi) is 8.45. The summed E-state index contributed by atoms with van der Waals surface area (Å²) in [5.74, 6) is 0.815. The lowest BCUT2D eigenvalue weighted by molar-refractivity contribution is -0.875. The van der Waals surface area contributed by atoms with Crippen LogP contribution >= 0.6 is 0 Å². The van der Waals surface area contributed by atoms with Gasteiger partial charge in [0.05, 0.1) is 33.0 Å². The molecule has 1 aromatic heterocycles. The van der Waals surface area contributed by atoms with E-state index in [1.807, 2.05) is 55.4 Å². The molecule has 10 nitrogen and oxygen atoms in total. The molecule has 2 N–H and O–H groups in total. The lowest BCUT2D eigenvalue weighted by Gasteiger charge is -2.11. The smallest absolute Gasteiger partial charge is 0.323 e. The highest BCUT2D eigenvalue weighted by Gasteiger charge is 2.14. The first-order valence-corrected chi connectivity index (χ1v) is 8.91. The van der Waals surface area contributed by atoms with Crippen LogP contribution in [-0.2, 0) is 14.6 Å². The molecular weight excluding hydrogens is 376 g/mol. The van der Waals surface area contributed by atoms with E-state index in [0.717, 1.165) is 18.6 Å². The third-order valence-electron chi connectivity index (χ3n) is 3.05. The number of benzene rings is 1. The topological polar surface area (TPSA) is 124 Å². The quantitative estimate of drug-likeness (QED) is 0.434. The predicted molar refractivity (Wildman–Crippen MR) is 99.3 cm³/mol. The Morgan fingerprint density at radius 1 is 1.07 bits per heavy atom. The fourth-order valence-electron chi connectivity index (χ4n) is 1.85. The molecule has 0 saturated heterocycles. The number of hydrogen-bond donors (Lipinski definition) is 2. The van der Waals surface area contributed by atoms with Crippen LogP contribution in [0.15, 0.2) is 48.7 Å². The summed E-state index contributed by atoms with van der Waals surface area (Å²) in [5, 5.41) is 5.56. The van der Waals surface area contributed by atoms with E-state index in [1.165, 1.54) is 0 Å². The van der Waals surface area contributed by atoms with Gasteiger partial charge in [0.2, 0.25) is 10.4 Å². The molecule has 2 rings (SSSR count). The highest BCUT2D eigenvalue weighted by atomic mass is 32.3. The molecule has 1 aromatic carbocycles. The molecule has 0 aliphatic carbocycles. The van der Waals surface area contributed by atoms with Crippen molar-refractivity contribution in [2.45, 2.75) is 0 Å². The van der Waals surface area contributed by atoms with Crippen LogP contribution in [0.25, 0.3) is 0 Å². The summed E-state index contributed by atoms with van der Waals surface area (Å²) in [5.41, 5.74) is 1.42. The number of anilines is 3. The van der Waals surface area contributed by atoms with E-state index < -0.39 is 10.4 Å². The van der Waals surface area contributed by atoms with Gasteiger partial charge in [-0.05, 0) is 16.9 Å². The molecule has 2 aromatic rings. The van der Waals surface area contributed by atoms with Gasteiger partial charge >= 0.3 is 11.8 Å². The van der Waals surface area contributed by atoms with E-state index in [4.69, 9.17) is 4.84 Å². The molecule has 0 aliphatic heterocycles. The summed E-state index contributed by atoms with van der Waals surface area (Å²) in [4.78, 5) is 19.0. The number of aromatic nitrogens is 1. The number of carbonyl (C=O) groups excluding carboxylic acids is 1. The van der Waals surface area contributed by atoms with E-state index in [-0.39, 0.29) is 6.03 Å². The van der Waals surface area contributed by atoms with Crippen molar-refractivity contribution in [3.05, 3.63) is 48.7 Å². The first-order valence-electron chi connectivity index (χ1n) is 7.58. The van der Waals surface area contributed by atoms with Crippen LogP contribution in [0, 0.1) is 0 Å². The van der Waals surface area contributed by atoms with Crippen LogP contribution in [0.5, 0.6) is 0 Å². The van der Waals surface area contributed by atoms with Gasteiger partial charge < -0.3 is 20.0 Å². The zero-order valence-electron chi connectivity index (χ0n) is 15.4. The molecule has 2 amide bonds. The monoisotopic (exact) mass is 398 g/mol. The number of rotatable bonds is 5. The maximum atomic E-state index is 11.9. The Balaban J connectivity index is 0.000000527. The number of nitrogens with one attached hydrogen (secondary N) is 2. The molecule has 0 unspecified atom stereocenters. The highest BCUT2D eigenvalue weighted by molar-refractivity contribution is 7.80. The fourth-order valence-corrected chi connectivity index (χ4v) is 1.85. The van der Waals surface area contributed by atoms with Gasteiger partial charge in [0.1, 0.15) is 13.3 Å². The molecular formula is C16H22N4O6S. The summed E-state index contributed by atoms with van der Waals surface area (Å²) in [6.45, 7) is 0. The maximum absolute atomic E-state index is 11.9. The summed E-state index contributed by atoms with van der Waals surface area (Å²) in [7, 11) is 1.78. The number of pyridine rings is 1. The minimum absolute atomic E-state index is 0.291. The van der Waals surface area contributed by atoms with Crippen molar-refractivity contribution in [1.82, 2.24) is 0 Å². The van der Waals surface area contributed by atoms with Gasteiger partial charge in [-0.3, -0.25) is 9.08 Å². The van der Waals surface area contributed by atoms with E-state index in [0.29, 0.717) is 5.69 Å². The number of carbonyl (C=O) groups is 1. The van der Waals surface area contributed by atoms with Gasteiger partial charge in [0.25, 0.3) is 0 Å². The highest BCUT2D eigenvalue weighted by Crippen LogP contribution is 2.13. The molecule has 0 atom stereocenters. The SMILES string of the molecule is COS(=O)(=O)[O-].CO[n+]1ccc(NC(=O)Nc2ccccc2)cc1N(C)C. The fraction of sp³-hybridized carbons (Fsp3) is 0.250. The third kappa shape index (κ3) is 8.35. The Hall–Kier alpha value is -2.89. The predicted octanol–water partition coefficient (Wildman–Crippen LogP) is 0.835. The second kappa shape index (κ2) is 10.3. The van der Waals surface area contributed by atoms with Crippen LogP contribution < -0.4 is 25.1 Å². The lowest BCUT2D eigenvalue weighted by atomic mass is 10.3. The van der Waals surface area contributed by atoms with Gasteiger partial charge in [-0.1, -0.05) is 18.2 Å². The van der Waals surface area contributed by atoms with Crippen molar-refractivity contribution >= 4 is 33.6 Å². The molecule has 0 spiro atoms. The van der Waals surface area contributed by atoms with Crippen LogP contribution in [0.3, 0.4) is 0 Å². The Morgan fingerprint density at radius 2 is 1.63 bits per heavy atom. The first-order chi connectivity index (χ1) is 12.7. The van der Waals surface area contributed by atoms with Gasteiger partial charge in [-0.15, -0.1) is 0 Å². The molecule has 1 heterocycles. The average molecular weight is 398 g/mol. The summed E-state index contributed by atoms with van der Waals surface area (Å²) in [6, 6.07) is 12.6. The molecule has 0 radical (unpaired) electrons. The van der Waals surface area contributed by atoms with Crippen LogP contribution in [0.4, 0.5) is 22.0 Å². The standard InChI is InChI=1S/C15H18N4O2.CH4O4S/c1-18(2)14-11-13(9-10-19(14)21-3)17-15(20)16-12-7-5-4-6-8-12;1-5-6(2,3)4/h4-11H,1-3H3,(H,16,20);1H3,(H,2,3,4). The first kappa shape index (κ1) is 22.2. The van der Waals surface area contributed by atoms with Gasteiger partial charge in [0.15, 0.2) is 0 Å². The van der Waals surface area contributed by atoms with Gasteiger partial charge in [-0.2, -0.15) is 0 Å². The number of para-hydroxylation sites is 1. The molecule has 0 aliphatic rings. The second-order valence-electron chi connectivity index (χ2n) is 5.20. The molecule has 0 bridgehead atoms. The summed E-state index contributed by atoms with van der Waals surface area (Å²) < 4.78 is 32.6. The molecule has 11 heteroatoms. The molecule has 0 fully saturated rings. The van der Waals surface area contributed by atoms with E-state index in [1.54, 1.807) is 24.1 Å². The largest absolute Gasteiger partial charge is 0.726 e. The van der Waals surface area contributed by atoms with Crippen molar-refractivity contribution < 1.29 is 31.5 Å². The third-order valence-corrected chi connectivity index (χ3v) is 3.46. The van der Waals surface area contributed by atoms with Crippen LogP contribution in [-0.4, -0.2) is 47.3 Å². The molecule has 148 valence electrons. The van der Waals surface area contributed by atoms with Gasteiger partial charge in [-0.25, -0.2) is 13.2 Å². The van der Waals surface area contributed by atoms with E-state index in [9.17, 15) is 17.8 Å². The Bertz CT molecular complexity index is 843. The van der Waals surface area contributed by atoms with Crippen molar-refractivity contribution in [3.63, 3.8) is 0 Å². The Labute approximate surface area is 158 Å². The van der Waals surface area contributed by atoms with Crippen molar-refractivity contribution in [3.8, 4) is 0 Å². The zero-order chi connectivity index (χ0) is 20.4. The van der Waals surface area contributed by atoms with Crippen molar-refractivity contribution in [2.24, 2.45) is 0 Å². The number of nitrogens with zero attached hydrogens (tertiary/aromatic N) is 2. The van der Waals surface area contributed by atoms with Gasteiger partial charge in [0, 0.05) is 11.8 Å². The minimum Gasteiger partial charge on any atom is -0.726 e. The van der Waals surface area contributed by atoms with E-state index in [2.05, 4.69) is 14.8 Å². The number of urea groups is 1. The zero-order valence-corrected chi connectivity index (χ0v) is 16.2. The van der Waals surface area contributed by atoms with Crippen molar-refractivity contribution in [1.29, 1.82) is 0 Å². The van der Waals surface area contributed by atoms with Crippen LogP contribution in [0.2, 0.25) is 0 Å². The number of hydrogen-bond acceptors (Lipinski definition) is 7. The van der Waals surface area contributed by atoms with Crippen molar-refractivity contribution in [2.75, 3.05) is 43.8 Å². The normalized spacial score (nSPS) is 10.3. The summed E-state index contributed by atoms with van der Waals surface area (Å²) >= 11 is 0. The minimum atomic E-state index is -4.41. The Morgan fingerprint density at radius 3 is 2.11 bits per heavy atom. The number of amides is 2. The maximum Gasteiger partial charge on any atom is 0.323 e. The molecule has 27 heavy (non-hydrogen) atoms. The average Bonchev–Trinajstić information content (AvgIpc) is 2.62. The summed E-state index contributed by atoms with van der Waals surface area (Å²) in [6.07, 6.45) is 1.74. The lowest BCUT2D eigenvalue weighted by Crippen LogP contribution is -2.44. The van der Waals surface area contributed by atoms with Crippen LogP contribution in [0.1, 0.15) is 0 Å². The second-order valence-corrected chi connectivity index (χ2v) is 6.35. The molecule has 0 saturated carbocycles.